The first-order valence-electron chi connectivity index (χ1n) is 6.26. The number of hydrogen-bond donors (Lipinski definition) is 1. The third-order valence-corrected chi connectivity index (χ3v) is 3.78. The zero-order valence-corrected chi connectivity index (χ0v) is 12.1. The maximum Gasteiger partial charge on any atom is 0.269 e. The topological polar surface area (TPSA) is 85.4 Å². The highest BCUT2D eigenvalue weighted by molar-refractivity contribution is 8.00. The molecule has 0 saturated carbocycles. The van der Waals surface area contributed by atoms with Crippen LogP contribution in [0.2, 0.25) is 0 Å². The van der Waals surface area contributed by atoms with Crippen molar-refractivity contribution >= 4 is 23.4 Å². The Hall–Kier alpha value is -2.28. The standard InChI is InChI=1S/C14H14N2O4S/c1-10(13-3-2-8-20-13)15-14(17)9-21-12-6-4-11(5-7-12)16(18)19/h2-8,10H,9H2,1H3,(H,15,17)/t10-/m0/s1. The van der Waals surface area contributed by atoms with Crippen molar-refractivity contribution in [2.75, 3.05) is 5.75 Å². The van der Waals surface area contributed by atoms with Crippen molar-refractivity contribution in [3.63, 3.8) is 0 Å². The molecule has 1 aromatic heterocycles. The molecule has 0 aliphatic rings. The molecule has 110 valence electrons. The molecule has 6 nitrogen and oxygen atoms in total. The van der Waals surface area contributed by atoms with E-state index in [0.717, 1.165) is 4.90 Å². The number of carbonyl (C=O) groups is 1. The second kappa shape index (κ2) is 6.94. The van der Waals surface area contributed by atoms with Crippen LogP contribution >= 0.6 is 11.8 Å². The number of rotatable bonds is 6. The second-order valence-electron chi connectivity index (χ2n) is 4.34. The van der Waals surface area contributed by atoms with Crippen LogP contribution in [0.3, 0.4) is 0 Å². The Kier molecular flexibility index (Phi) is 4.99. The highest BCUT2D eigenvalue weighted by atomic mass is 32.2. The van der Waals surface area contributed by atoms with E-state index in [4.69, 9.17) is 4.42 Å². The van der Waals surface area contributed by atoms with Crippen molar-refractivity contribution in [1.82, 2.24) is 5.32 Å². The number of nitro benzene ring substituents is 1. The van der Waals surface area contributed by atoms with Crippen molar-refractivity contribution in [2.24, 2.45) is 0 Å². The fourth-order valence-corrected chi connectivity index (χ4v) is 2.41. The Morgan fingerprint density at radius 1 is 1.38 bits per heavy atom. The number of benzene rings is 1. The number of hydrogen-bond acceptors (Lipinski definition) is 5. The van der Waals surface area contributed by atoms with Crippen LogP contribution in [0.25, 0.3) is 0 Å². The van der Waals surface area contributed by atoms with Crippen LogP contribution < -0.4 is 5.32 Å². The molecule has 2 rings (SSSR count). The van der Waals surface area contributed by atoms with E-state index >= 15 is 0 Å². The first-order chi connectivity index (χ1) is 10.1. The number of non-ortho nitro benzene ring substituents is 1. The van der Waals surface area contributed by atoms with E-state index in [-0.39, 0.29) is 23.4 Å². The smallest absolute Gasteiger partial charge is 0.269 e. The van der Waals surface area contributed by atoms with Crippen LogP contribution in [0.4, 0.5) is 5.69 Å². The Bertz CT molecular complexity index is 610. The molecule has 7 heteroatoms. The van der Waals surface area contributed by atoms with Gasteiger partial charge in [-0.15, -0.1) is 11.8 Å². The van der Waals surface area contributed by atoms with E-state index in [1.165, 1.54) is 23.9 Å². The lowest BCUT2D eigenvalue weighted by atomic mass is 10.2. The monoisotopic (exact) mass is 306 g/mol. The summed E-state index contributed by atoms with van der Waals surface area (Å²) in [5.41, 5.74) is 0.0373. The van der Waals surface area contributed by atoms with Crippen LogP contribution in [-0.4, -0.2) is 16.6 Å². The molecule has 0 bridgehead atoms. The van der Waals surface area contributed by atoms with E-state index in [9.17, 15) is 14.9 Å². The molecule has 0 unspecified atom stereocenters. The van der Waals surface area contributed by atoms with Gasteiger partial charge in [0.05, 0.1) is 23.0 Å². The molecule has 0 aliphatic heterocycles. The minimum Gasteiger partial charge on any atom is -0.467 e. The number of thioether (sulfide) groups is 1. The zero-order chi connectivity index (χ0) is 15.2. The van der Waals surface area contributed by atoms with Crippen LogP contribution in [0.1, 0.15) is 18.7 Å². The fraction of sp³-hybridized carbons (Fsp3) is 0.214. The van der Waals surface area contributed by atoms with Gasteiger partial charge in [-0.3, -0.25) is 14.9 Å². The lowest BCUT2D eigenvalue weighted by Gasteiger charge is -2.11. The average Bonchev–Trinajstić information content (AvgIpc) is 3.00. The van der Waals surface area contributed by atoms with Gasteiger partial charge in [-0.05, 0) is 31.2 Å². The Balaban J connectivity index is 1.82. The zero-order valence-electron chi connectivity index (χ0n) is 11.3. The van der Waals surface area contributed by atoms with Crippen molar-refractivity contribution < 1.29 is 14.1 Å². The van der Waals surface area contributed by atoms with E-state index in [2.05, 4.69) is 5.32 Å². The van der Waals surface area contributed by atoms with Crippen LogP contribution in [-0.2, 0) is 4.79 Å². The molecule has 21 heavy (non-hydrogen) atoms. The van der Waals surface area contributed by atoms with Crippen molar-refractivity contribution in [3.8, 4) is 0 Å². The molecule has 0 fully saturated rings. The summed E-state index contributed by atoms with van der Waals surface area (Å²) in [5, 5.41) is 13.4. The fourth-order valence-electron chi connectivity index (χ4n) is 1.70. The van der Waals surface area contributed by atoms with Crippen LogP contribution in [0.5, 0.6) is 0 Å². The molecular weight excluding hydrogens is 292 g/mol. The average molecular weight is 306 g/mol. The molecular formula is C14H14N2O4S. The van der Waals surface area contributed by atoms with Gasteiger partial charge in [-0.1, -0.05) is 0 Å². The summed E-state index contributed by atoms with van der Waals surface area (Å²) in [6, 6.07) is 9.48. The van der Waals surface area contributed by atoms with Gasteiger partial charge in [-0.25, -0.2) is 0 Å². The molecule has 0 radical (unpaired) electrons. The predicted octanol–water partition coefficient (Wildman–Crippen LogP) is 3.16. The summed E-state index contributed by atoms with van der Waals surface area (Å²) in [6.45, 7) is 1.84. The Morgan fingerprint density at radius 3 is 2.67 bits per heavy atom. The minimum atomic E-state index is -0.452. The van der Waals surface area contributed by atoms with E-state index in [0.29, 0.717) is 5.76 Å². The van der Waals surface area contributed by atoms with Crippen molar-refractivity contribution in [2.45, 2.75) is 17.9 Å². The Labute approximate surface area is 125 Å². The lowest BCUT2D eigenvalue weighted by molar-refractivity contribution is -0.384. The molecule has 2 aromatic rings. The molecule has 1 aromatic carbocycles. The maximum absolute atomic E-state index is 11.8. The molecule has 0 saturated heterocycles. The molecule has 1 atom stereocenters. The van der Waals surface area contributed by atoms with Gasteiger partial charge in [0.15, 0.2) is 0 Å². The number of nitro groups is 1. The summed E-state index contributed by atoms with van der Waals surface area (Å²) in [4.78, 5) is 22.7. The van der Waals surface area contributed by atoms with Crippen LogP contribution in [0, 0.1) is 10.1 Å². The van der Waals surface area contributed by atoms with Gasteiger partial charge >= 0.3 is 0 Å². The van der Waals surface area contributed by atoms with Gasteiger partial charge in [0.1, 0.15) is 5.76 Å². The highest BCUT2D eigenvalue weighted by Gasteiger charge is 2.12. The quantitative estimate of drug-likeness (QED) is 0.503. The molecule has 1 N–H and O–H groups in total. The van der Waals surface area contributed by atoms with Crippen molar-refractivity contribution in [1.29, 1.82) is 0 Å². The van der Waals surface area contributed by atoms with Crippen LogP contribution in [0.15, 0.2) is 52.0 Å². The number of nitrogens with zero attached hydrogens (tertiary/aromatic N) is 1. The predicted molar refractivity (Wildman–Crippen MR) is 79.1 cm³/mol. The summed E-state index contributed by atoms with van der Waals surface area (Å²) < 4.78 is 5.21. The van der Waals surface area contributed by atoms with Gasteiger partial charge in [0, 0.05) is 17.0 Å². The first-order valence-corrected chi connectivity index (χ1v) is 7.25. The summed E-state index contributed by atoms with van der Waals surface area (Å²) in [6.07, 6.45) is 1.56. The second-order valence-corrected chi connectivity index (χ2v) is 5.39. The maximum atomic E-state index is 11.8. The molecule has 0 aliphatic carbocycles. The van der Waals surface area contributed by atoms with Gasteiger partial charge in [0.25, 0.3) is 5.69 Å². The van der Waals surface area contributed by atoms with Gasteiger partial charge in [0.2, 0.25) is 5.91 Å². The summed E-state index contributed by atoms with van der Waals surface area (Å²) >= 11 is 1.32. The third-order valence-electron chi connectivity index (χ3n) is 2.76. The lowest BCUT2D eigenvalue weighted by Crippen LogP contribution is -2.27. The molecule has 0 spiro atoms. The molecule has 1 heterocycles. The van der Waals surface area contributed by atoms with E-state index < -0.39 is 4.92 Å². The Morgan fingerprint density at radius 2 is 2.10 bits per heavy atom. The van der Waals surface area contributed by atoms with Gasteiger partial charge in [-0.2, -0.15) is 0 Å². The largest absolute Gasteiger partial charge is 0.467 e. The number of furan rings is 1. The normalized spacial score (nSPS) is 11.9. The number of amides is 1. The minimum absolute atomic E-state index is 0.0373. The summed E-state index contributed by atoms with van der Waals surface area (Å²) in [5.74, 6) is 0.814. The number of nitrogens with one attached hydrogen (secondary N) is 1. The van der Waals surface area contributed by atoms with Gasteiger partial charge < -0.3 is 9.73 Å². The van der Waals surface area contributed by atoms with E-state index in [1.807, 2.05) is 6.92 Å². The van der Waals surface area contributed by atoms with Crippen molar-refractivity contribution in [3.05, 3.63) is 58.5 Å². The highest BCUT2D eigenvalue weighted by Crippen LogP contribution is 2.21. The number of carbonyl (C=O) groups excluding carboxylic acids is 1. The summed E-state index contributed by atoms with van der Waals surface area (Å²) in [7, 11) is 0. The molecule has 1 amide bonds. The van der Waals surface area contributed by atoms with E-state index in [1.54, 1.807) is 30.5 Å². The first kappa shape index (κ1) is 15.1. The third kappa shape index (κ3) is 4.35. The SMILES string of the molecule is C[C@H](NC(=O)CSc1ccc([N+](=O)[O-])cc1)c1ccco1.